The van der Waals surface area contributed by atoms with Crippen LogP contribution in [0.5, 0.6) is 0 Å². The molecule has 2 nitrogen and oxygen atoms in total. The van der Waals surface area contributed by atoms with Crippen molar-refractivity contribution in [3.05, 3.63) is 34.1 Å². The molecular weight excluding hydrogens is 415 g/mol. The van der Waals surface area contributed by atoms with Gasteiger partial charge in [0, 0.05) is 37.8 Å². The zero-order valence-corrected chi connectivity index (χ0v) is 16.5. The highest BCUT2D eigenvalue weighted by atomic mass is 35.5. The SMILES string of the molecule is Cl.Cl.Fc1c(Cl)ccc(C(F)(F)F)c1[C@@H](C1CCCC1)N1CCNCC1. The van der Waals surface area contributed by atoms with Crippen molar-refractivity contribution in [1.82, 2.24) is 10.2 Å². The van der Waals surface area contributed by atoms with Crippen molar-refractivity contribution in [3.63, 3.8) is 0 Å². The first-order chi connectivity index (χ1) is 11.4. The number of nitrogens with one attached hydrogen (secondary N) is 1. The average molecular weight is 438 g/mol. The summed E-state index contributed by atoms with van der Waals surface area (Å²) in [6.45, 7) is 2.63. The molecule has 1 N–H and O–H groups in total. The van der Waals surface area contributed by atoms with E-state index in [0.29, 0.717) is 26.2 Å². The van der Waals surface area contributed by atoms with Gasteiger partial charge in [0.15, 0.2) is 0 Å². The molecule has 1 atom stereocenters. The molecule has 9 heteroatoms. The fraction of sp³-hybridized carbons (Fsp3) is 0.647. The summed E-state index contributed by atoms with van der Waals surface area (Å²) in [5, 5.41) is 2.96. The number of hydrogen-bond donors (Lipinski definition) is 1. The van der Waals surface area contributed by atoms with Gasteiger partial charge in [-0.2, -0.15) is 13.2 Å². The maximum Gasteiger partial charge on any atom is 0.416 e. The first-order valence-corrected chi connectivity index (χ1v) is 8.77. The second-order valence-corrected chi connectivity index (χ2v) is 7.00. The van der Waals surface area contributed by atoms with Gasteiger partial charge in [0.05, 0.1) is 10.6 Å². The summed E-state index contributed by atoms with van der Waals surface area (Å²) < 4.78 is 55.4. The predicted molar refractivity (Wildman–Crippen MR) is 100 cm³/mol. The van der Waals surface area contributed by atoms with Crippen LogP contribution in [0.2, 0.25) is 5.02 Å². The van der Waals surface area contributed by atoms with Gasteiger partial charge in [-0.3, -0.25) is 4.90 Å². The summed E-state index contributed by atoms with van der Waals surface area (Å²) in [7, 11) is 0. The third kappa shape index (κ3) is 4.96. The molecule has 1 aromatic carbocycles. The number of rotatable bonds is 3. The van der Waals surface area contributed by atoms with Gasteiger partial charge < -0.3 is 5.32 Å². The van der Waals surface area contributed by atoms with Crippen LogP contribution in [0.3, 0.4) is 0 Å². The fourth-order valence-electron chi connectivity index (χ4n) is 4.05. The summed E-state index contributed by atoms with van der Waals surface area (Å²) in [6, 6.07) is 1.36. The number of hydrogen-bond acceptors (Lipinski definition) is 2. The minimum Gasteiger partial charge on any atom is -0.314 e. The first-order valence-electron chi connectivity index (χ1n) is 8.39. The number of halogens is 7. The number of piperazine rings is 1. The Kier molecular flexibility index (Phi) is 8.94. The van der Waals surface area contributed by atoms with Gasteiger partial charge in [-0.15, -0.1) is 24.8 Å². The molecule has 26 heavy (non-hydrogen) atoms. The number of benzene rings is 1. The first kappa shape index (κ1) is 23.8. The Labute approximate surface area is 168 Å². The van der Waals surface area contributed by atoms with E-state index in [9.17, 15) is 17.6 Å². The molecule has 1 aromatic rings. The van der Waals surface area contributed by atoms with Crippen LogP contribution >= 0.6 is 36.4 Å². The van der Waals surface area contributed by atoms with E-state index in [1.165, 1.54) is 0 Å². The molecule has 0 amide bonds. The van der Waals surface area contributed by atoms with Crippen LogP contribution in [0, 0.1) is 11.7 Å². The summed E-state index contributed by atoms with van der Waals surface area (Å²) in [5.74, 6) is -0.876. The molecule has 1 heterocycles. The molecule has 2 fully saturated rings. The average Bonchev–Trinajstić information content (AvgIpc) is 3.06. The van der Waals surface area contributed by atoms with Crippen molar-refractivity contribution < 1.29 is 17.6 Å². The van der Waals surface area contributed by atoms with Crippen LogP contribution in [-0.4, -0.2) is 31.1 Å². The van der Waals surface area contributed by atoms with Gasteiger partial charge in [0.1, 0.15) is 5.82 Å². The maximum atomic E-state index is 14.8. The Hall–Kier alpha value is -0.270. The van der Waals surface area contributed by atoms with Crippen molar-refractivity contribution in [2.75, 3.05) is 26.2 Å². The summed E-state index contributed by atoms with van der Waals surface area (Å²) in [5.41, 5.74) is -1.15. The van der Waals surface area contributed by atoms with Gasteiger partial charge >= 0.3 is 6.18 Å². The molecule has 0 radical (unpaired) electrons. The van der Waals surface area contributed by atoms with Crippen LogP contribution in [0.4, 0.5) is 17.6 Å². The van der Waals surface area contributed by atoms with E-state index in [4.69, 9.17) is 11.6 Å². The molecular formula is C17H23Cl3F4N2. The smallest absolute Gasteiger partial charge is 0.314 e. The molecule has 2 aliphatic rings. The zero-order chi connectivity index (χ0) is 17.3. The highest BCUT2D eigenvalue weighted by molar-refractivity contribution is 6.30. The Morgan fingerprint density at radius 1 is 1.08 bits per heavy atom. The quantitative estimate of drug-likeness (QED) is 0.630. The van der Waals surface area contributed by atoms with Gasteiger partial charge in [-0.05, 0) is 30.9 Å². The monoisotopic (exact) mass is 436 g/mol. The van der Waals surface area contributed by atoms with Crippen LogP contribution in [0.15, 0.2) is 12.1 Å². The van der Waals surface area contributed by atoms with Crippen LogP contribution in [-0.2, 0) is 6.18 Å². The van der Waals surface area contributed by atoms with E-state index < -0.39 is 23.6 Å². The standard InChI is InChI=1S/C17H21ClF4N2.2ClH/c18-13-6-5-12(17(20,21)22)14(15(13)19)16(11-3-1-2-4-11)24-9-7-23-8-10-24;;/h5-6,11,16,23H,1-4,7-10H2;2*1H/t16-;;/m1../s1. The van der Waals surface area contributed by atoms with E-state index >= 15 is 0 Å². The van der Waals surface area contributed by atoms with Crippen molar-refractivity contribution in [2.45, 2.75) is 37.9 Å². The molecule has 1 saturated carbocycles. The van der Waals surface area contributed by atoms with E-state index in [2.05, 4.69) is 5.32 Å². The molecule has 150 valence electrons. The Morgan fingerprint density at radius 2 is 1.65 bits per heavy atom. The van der Waals surface area contributed by atoms with E-state index in [1.807, 2.05) is 4.90 Å². The van der Waals surface area contributed by atoms with Crippen molar-refractivity contribution >= 4 is 36.4 Å². The lowest BCUT2D eigenvalue weighted by Crippen LogP contribution is -2.47. The molecule has 3 rings (SSSR count). The number of alkyl halides is 3. The zero-order valence-electron chi connectivity index (χ0n) is 14.1. The number of nitrogens with zero attached hydrogens (tertiary/aromatic N) is 1. The Bertz CT molecular complexity index is 586. The highest BCUT2D eigenvalue weighted by Crippen LogP contribution is 2.46. The van der Waals surface area contributed by atoms with Crippen LogP contribution in [0.25, 0.3) is 0 Å². The molecule has 0 unspecified atom stereocenters. The summed E-state index contributed by atoms with van der Waals surface area (Å²) >= 11 is 5.85. The lowest BCUT2D eigenvalue weighted by Gasteiger charge is -2.39. The van der Waals surface area contributed by atoms with Gasteiger partial charge in [-0.1, -0.05) is 24.4 Å². The predicted octanol–water partition coefficient (Wildman–Crippen LogP) is 5.48. The molecule has 0 aromatic heterocycles. The fourth-order valence-corrected chi connectivity index (χ4v) is 4.22. The second-order valence-electron chi connectivity index (χ2n) is 6.60. The Balaban J connectivity index is 0.00000169. The third-order valence-electron chi connectivity index (χ3n) is 5.13. The lowest BCUT2D eigenvalue weighted by molar-refractivity contribution is -0.139. The third-order valence-corrected chi connectivity index (χ3v) is 5.42. The van der Waals surface area contributed by atoms with Crippen molar-refractivity contribution in [1.29, 1.82) is 0 Å². The van der Waals surface area contributed by atoms with E-state index in [-0.39, 0.29) is 41.3 Å². The largest absolute Gasteiger partial charge is 0.416 e. The molecule has 0 spiro atoms. The van der Waals surface area contributed by atoms with E-state index in [0.717, 1.165) is 37.8 Å². The molecule has 1 aliphatic carbocycles. The van der Waals surface area contributed by atoms with Gasteiger partial charge in [-0.25, -0.2) is 4.39 Å². The van der Waals surface area contributed by atoms with Crippen molar-refractivity contribution in [2.24, 2.45) is 5.92 Å². The summed E-state index contributed by atoms with van der Waals surface area (Å²) in [6.07, 6.45) is -0.963. The molecule has 1 saturated heterocycles. The van der Waals surface area contributed by atoms with Crippen molar-refractivity contribution in [3.8, 4) is 0 Å². The van der Waals surface area contributed by atoms with E-state index in [1.54, 1.807) is 0 Å². The Morgan fingerprint density at radius 3 is 2.19 bits per heavy atom. The normalized spacial score (nSPS) is 20.3. The van der Waals surface area contributed by atoms with Crippen LogP contribution in [0.1, 0.15) is 42.9 Å². The minimum absolute atomic E-state index is 0. The highest BCUT2D eigenvalue weighted by Gasteiger charge is 2.42. The second kappa shape index (κ2) is 9.78. The lowest BCUT2D eigenvalue weighted by atomic mass is 9.86. The topological polar surface area (TPSA) is 15.3 Å². The van der Waals surface area contributed by atoms with Gasteiger partial charge in [0.2, 0.25) is 0 Å². The molecule has 0 bridgehead atoms. The maximum absolute atomic E-state index is 14.8. The minimum atomic E-state index is -4.59. The molecule has 1 aliphatic heterocycles. The van der Waals surface area contributed by atoms with Gasteiger partial charge in [0.25, 0.3) is 0 Å². The summed E-state index contributed by atoms with van der Waals surface area (Å²) in [4.78, 5) is 2.00. The van der Waals surface area contributed by atoms with Crippen LogP contribution < -0.4 is 5.32 Å².